The highest BCUT2D eigenvalue weighted by Gasteiger charge is 2.12. The lowest BCUT2D eigenvalue weighted by Crippen LogP contribution is -2.10. The van der Waals surface area contributed by atoms with Crippen molar-refractivity contribution in [1.29, 1.82) is 0 Å². The third-order valence-corrected chi connectivity index (χ3v) is 4.32. The third-order valence-electron chi connectivity index (χ3n) is 4.32. The second-order valence-electron chi connectivity index (χ2n) is 6.09. The zero-order valence-corrected chi connectivity index (χ0v) is 14.3. The van der Waals surface area contributed by atoms with Gasteiger partial charge in [0.2, 0.25) is 0 Å². The summed E-state index contributed by atoms with van der Waals surface area (Å²) < 4.78 is 8.02. The molecule has 1 heterocycles. The molecule has 24 heavy (non-hydrogen) atoms. The Morgan fingerprint density at radius 3 is 2.58 bits per heavy atom. The van der Waals surface area contributed by atoms with Crippen LogP contribution >= 0.6 is 0 Å². The van der Waals surface area contributed by atoms with E-state index in [2.05, 4.69) is 30.5 Å². The van der Waals surface area contributed by atoms with Gasteiger partial charge in [-0.25, -0.2) is 4.98 Å². The number of benzene rings is 2. The molecule has 0 aliphatic heterocycles. The van der Waals surface area contributed by atoms with Crippen LogP contribution < -0.4 is 4.74 Å². The maximum absolute atomic E-state index is 9.19. The molecule has 0 aliphatic carbocycles. The van der Waals surface area contributed by atoms with Crippen LogP contribution in [-0.4, -0.2) is 27.9 Å². The summed E-state index contributed by atoms with van der Waals surface area (Å²) in [6, 6.07) is 14.2. The van der Waals surface area contributed by atoms with Crippen LogP contribution in [0.15, 0.2) is 42.5 Å². The Balaban J connectivity index is 1.82. The molecular weight excluding hydrogens is 300 g/mol. The van der Waals surface area contributed by atoms with Crippen LogP contribution in [-0.2, 0) is 13.0 Å². The summed E-state index contributed by atoms with van der Waals surface area (Å²) in [5.74, 6) is 1.89. The van der Waals surface area contributed by atoms with Gasteiger partial charge < -0.3 is 14.4 Å². The van der Waals surface area contributed by atoms with Gasteiger partial charge >= 0.3 is 0 Å². The summed E-state index contributed by atoms with van der Waals surface area (Å²) >= 11 is 0. The smallest absolute Gasteiger partial charge is 0.119 e. The van der Waals surface area contributed by atoms with Gasteiger partial charge in [0.15, 0.2) is 0 Å². The Labute approximate surface area is 142 Å². The molecule has 0 aliphatic rings. The normalized spacial score (nSPS) is 11.1. The van der Waals surface area contributed by atoms with Crippen molar-refractivity contribution in [2.45, 2.75) is 33.2 Å². The summed E-state index contributed by atoms with van der Waals surface area (Å²) in [5.41, 5.74) is 4.67. The fraction of sp³-hybridized carbons (Fsp3) is 0.350. The summed E-state index contributed by atoms with van der Waals surface area (Å²) in [7, 11) is 0. The van der Waals surface area contributed by atoms with E-state index in [9.17, 15) is 5.11 Å². The number of hydrogen-bond donors (Lipinski definition) is 1. The Morgan fingerprint density at radius 2 is 1.83 bits per heavy atom. The van der Waals surface area contributed by atoms with E-state index in [0.717, 1.165) is 42.0 Å². The minimum Gasteiger partial charge on any atom is -0.493 e. The fourth-order valence-electron chi connectivity index (χ4n) is 2.88. The number of aromatic nitrogens is 2. The number of para-hydroxylation sites is 1. The molecule has 0 unspecified atom stereocenters. The van der Waals surface area contributed by atoms with E-state index in [0.29, 0.717) is 6.61 Å². The third kappa shape index (κ3) is 3.60. The molecule has 0 saturated carbocycles. The standard InChI is InChI=1S/C20H24N2O2/c1-15-13-18-19(14-16(15)2)22(10-6-11-23)20(21-18)9-12-24-17-7-4-3-5-8-17/h3-5,7-8,13-14,23H,6,9-12H2,1-2H3. The first-order valence-electron chi connectivity index (χ1n) is 8.44. The number of rotatable bonds is 7. The number of aryl methyl sites for hydroxylation is 3. The summed E-state index contributed by atoms with van der Waals surface area (Å²) in [6.45, 7) is 5.78. The molecule has 0 amide bonds. The van der Waals surface area contributed by atoms with Crippen LogP contribution in [0, 0.1) is 13.8 Å². The molecule has 2 aromatic carbocycles. The van der Waals surface area contributed by atoms with E-state index in [-0.39, 0.29) is 6.61 Å². The Kier molecular flexibility index (Phi) is 5.16. The van der Waals surface area contributed by atoms with E-state index in [1.807, 2.05) is 30.3 Å². The number of fused-ring (bicyclic) bond motifs is 1. The average molecular weight is 324 g/mol. The topological polar surface area (TPSA) is 47.3 Å². The van der Waals surface area contributed by atoms with Crippen LogP contribution in [0.2, 0.25) is 0 Å². The monoisotopic (exact) mass is 324 g/mol. The summed E-state index contributed by atoms with van der Waals surface area (Å²) in [4.78, 5) is 4.80. The quantitative estimate of drug-likeness (QED) is 0.721. The van der Waals surface area contributed by atoms with Crippen molar-refractivity contribution in [2.75, 3.05) is 13.2 Å². The van der Waals surface area contributed by atoms with Gasteiger partial charge in [-0.1, -0.05) is 18.2 Å². The largest absolute Gasteiger partial charge is 0.493 e. The highest BCUT2D eigenvalue weighted by molar-refractivity contribution is 5.78. The van der Waals surface area contributed by atoms with Crippen molar-refractivity contribution in [3.05, 3.63) is 59.4 Å². The van der Waals surface area contributed by atoms with Crippen molar-refractivity contribution < 1.29 is 9.84 Å². The van der Waals surface area contributed by atoms with Gasteiger partial charge in [0.25, 0.3) is 0 Å². The van der Waals surface area contributed by atoms with Gasteiger partial charge in [-0.3, -0.25) is 0 Å². The van der Waals surface area contributed by atoms with E-state index in [1.54, 1.807) is 0 Å². The molecule has 3 aromatic rings. The van der Waals surface area contributed by atoms with Gasteiger partial charge in [-0.15, -0.1) is 0 Å². The lowest BCUT2D eigenvalue weighted by Gasteiger charge is -2.10. The van der Waals surface area contributed by atoms with Crippen molar-refractivity contribution in [3.63, 3.8) is 0 Å². The van der Waals surface area contributed by atoms with Crippen LogP contribution in [0.25, 0.3) is 11.0 Å². The molecule has 0 fully saturated rings. The maximum atomic E-state index is 9.19. The first-order valence-corrected chi connectivity index (χ1v) is 8.44. The highest BCUT2D eigenvalue weighted by Crippen LogP contribution is 2.22. The molecular formula is C20H24N2O2. The molecule has 0 saturated heterocycles. The van der Waals surface area contributed by atoms with Gasteiger partial charge in [-0.05, 0) is 55.7 Å². The second-order valence-corrected chi connectivity index (χ2v) is 6.09. The van der Waals surface area contributed by atoms with Crippen LogP contribution in [0.4, 0.5) is 0 Å². The maximum Gasteiger partial charge on any atom is 0.119 e. The molecule has 0 atom stereocenters. The van der Waals surface area contributed by atoms with Crippen LogP contribution in [0.3, 0.4) is 0 Å². The molecule has 0 spiro atoms. The zero-order valence-electron chi connectivity index (χ0n) is 14.3. The van der Waals surface area contributed by atoms with E-state index >= 15 is 0 Å². The number of aliphatic hydroxyl groups is 1. The number of aliphatic hydroxyl groups excluding tert-OH is 1. The van der Waals surface area contributed by atoms with Crippen molar-refractivity contribution >= 4 is 11.0 Å². The number of nitrogens with zero attached hydrogens (tertiary/aromatic N) is 2. The molecule has 0 radical (unpaired) electrons. The minimum atomic E-state index is 0.185. The molecule has 4 heteroatoms. The summed E-state index contributed by atoms with van der Waals surface area (Å²) in [6.07, 6.45) is 1.47. The molecule has 4 nitrogen and oxygen atoms in total. The Hall–Kier alpha value is -2.33. The molecule has 1 N–H and O–H groups in total. The first-order chi connectivity index (χ1) is 11.7. The molecule has 126 valence electrons. The molecule has 1 aromatic heterocycles. The van der Waals surface area contributed by atoms with Gasteiger partial charge in [0.05, 0.1) is 17.6 Å². The Morgan fingerprint density at radius 1 is 1.08 bits per heavy atom. The predicted octanol–water partition coefficient (Wildman–Crippen LogP) is 3.66. The van der Waals surface area contributed by atoms with E-state index in [4.69, 9.17) is 9.72 Å². The number of imidazole rings is 1. The molecule has 0 bridgehead atoms. The second kappa shape index (κ2) is 7.49. The van der Waals surface area contributed by atoms with Gasteiger partial charge in [0.1, 0.15) is 11.6 Å². The van der Waals surface area contributed by atoms with E-state index in [1.165, 1.54) is 11.1 Å². The summed E-state index contributed by atoms with van der Waals surface area (Å²) in [5, 5.41) is 9.19. The van der Waals surface area contributed by atoms with Gasteiger partial charge in [0, 0.05) is 19.6 Å². The minimum absolute atomic E-state index is 0.185. The van der Waals surface area contributed by atoms with Gasteiger partial charge in [-0.2, -0.15) is 0 Å². The zero-order chi connectivity index (χ0) is 16.9. The fourth-order valence-corrected chi connectivity index (χ4v) is 2.88. The van der Waals surface area contributed by atoms with Crippen LogP contribution in [0.1, 0.15) is 23.4 Å². The lowest BCUT2D eigenvalue weighted by molar-refractivity contribution is 0.278. The molecule has 3 rings (SSSR count). The Bertz CT molecular complexity index is 809. The SMILES string of the molecule is Cc1cc2nc(CCOc3ccccc3)n(CCCO)c2cc1C. The van der Waals surface area contributed by atoms with Crippen molar-refractivity contribution in [3.8, 4) is 5.75 Å². The lowest BCUT2D eigenvalue weighted by atomic mass is 10.1. The highest BCUT2D eigenvalue weighted by atomic mass is 16.5. The van der Waals surface area contributed by atoms with E-state index < -0.39 is 0 Å². The van der Waals surface area contributed by atoms with Crippen molar-refractivity contribution in [2.24, 2.45) is 0 Å². The first kappa shape index (κ1) is 16.5. The van der Waals surface area contributed by atoms with Crippen LogP contribution in [0.5, 0.6) is 5.75 Å². The predicted molar refractivity (Wildman–Crippen MR) is 96.6 cm³/mol. The number of hydrogen-bond acceptors (Lipinski definition) is 3. The number of ether oxygens (including phenoxy) is 1. The van der Waals surface area contributed by atoms with Crippen molar-refractivity contribution in [1.82, 2.24) is 9.55 Å². The average Bonchev–Trinajstić information content (AvgIpc) is 2.91.